The summed E-state index contributed by atoms with van der Waals surface area (Å²) in [6.45, 7) is 0. The van der Waals surface area contributed by atoms with Crippen molar-refractivity contribution in [3.8, 4) is 11.5 Å². The Balaban J connectivity index is 0.00000300. The van der Waals surface area contributed by atoms with Crippen LogP contribution in [0.3, 0.4) is 0 Å². The Kier molecular flexibility index (Phi) is 7.95. The van der Waals surface area contributed by atoms with Crippen molar-refractivity contribution in [3.63, 3.8) is 0 Å². The van der Waals surface area contributed by atoms with Gasteiger partial charge in [-0.25, -0.2) is 0 Å². The molecule has 3 aromatic carbocycles. The highest BCUT2D eigenvalue weighted by Crippen LogP contribution is 2.23. The summed E-state index contributed by atoms with van der Waals surface area (Å²) in [4.78, 5) is 23.8. The van der Waals surface area contributed by atoms with Gasteiger partial charge in [0.05, 0.1) is 7.11 Å². The fourth-order valence-electron chi connectivity index (χ4n) is 2.75. The largest absolute Gasteiger partial charge is 0.468 e. The van der Waals surface area contributed by atoms with Crippen LogP contribution in [0.1, 0.15) is 21.5 Å². The van der Waals surface area contributed by atoms with Crippen LogP contribution in [0.2, 0.25) is 0 Å². The summed E-state index contributed by atoms with van der Waals surface area (Å²) in [7, 11) is 1.32. The zero-order valence-corrected chi connectivity index (χ0v) is 16.7. The monoisotopic (exact) mass is 411 g/mol. The molecule has 2 N–H and O–H groups in total. The van der Waals surface area contributed by atoms with Crippen LogP contribution in [0.4, 0.5) is 0 Å². The fraction of sp³-hybridized carbons (Fsp3) is 0.130. The minimum atomic E-state index is -0.688. The van der Waals surface area contributed by atoms with E-state index in [9.17, 15) is 9.59 Å². The topological polar surface area (TPSA) is 78.6 Å². The molecule has 3 rings (SSSR count). The number of carbonyl (C=O) groups is 2. The van der Waals surface area contributed by atoms with E-state index in [4.69, 9.17) is 10.5 Å². The number of methoxy groups -OCH3 is 1. The van der Waals surface area contributed by atoms with Gasteiger partial charge >= 0.3 is 5.97 Å². The lowest BCUT2D eigenvalue weighted by Gasteiger charge is -2.10. The van der Waals surface area contributed by atoms with Crippen molar-refractivity contribution in [2.24, 2.45) is 5.73 Å². The molecule has 0 fully saturated rings. The maximum atomic E-state index is 12.4. The van der Waals surface area contributed by atoms with E-state index in [1.807, 2.05) is 42.5 Å². The number of ether oxygens (including phenoxy) is 2. The summed E-state index contributed by atoms with van der Waals surface area (Å²) in [5.74, 6) is 0.810. The van der Waals surface area contributed by atoms with Crippen molar-refractivity contribution < 1.29 is 19.1 Å². The lowest BCUT2D eigenvalue weighted by atomic mass is 10.0. The maximum absolute atomic E-state index is 12.4. The molecule has 0 amide bonds. The Labute approximate surface area is 175 Å². The van der Waals surface area contributed by atoms with Gasteiger partial charge in [-0.1, -0.05) is 42.5 Å². The summed E-state index contributed by atoms with van der Waals surface area (Å²) in [5.41, 5.74) is 7.93. The highest BCUT2D eigenvalue weighted by molar-refractivity contribution is 6.08. The van der Waals surface area contributed by atoms with Gasteiger partial charge in [0.25, 0.3) is 0 Å². The van der Waals surface area contributed by atoms with Crippen LogP contribution in [-0.2, 0) is 16.0 Å². The molecule has 1 unspecified atom stereocenters. The van der Waals surface area contributed by atoms with Crippen molar-refractivity contribution in [1.82, 2.24) is 0 Å². The van der Waals surface area contributed by atoms with Gasteiger partial charge < -0.3 is 15.2 Å². The molecule has 0 radical (unpaired) electrons. The molecular weight excluding hydrogens is 390 g/mol. The molecule has 3 aromatic rings. The molecule has 0 spiro atoms. The third-order valence-corrected chi connectivity index (χ3v) is 4.27. The van der Waals surface area contributed by atoms with E-state index in [1.54, 1.807) is 36.4 Å². The van der Waals surface area contributed by atoms with E-state index in [1.165, 1.54) is 7.11 Å². The molecule has 5 nitrogen and oxygen atoms in total. The summed E-state index contributed by atoms with van der Waals surface area (Å²) >= 11 is 0. The molecule has 0 aromatic heterocycles. The lowest BCUT2D eigenvalue weighted by Crippen LogP contribution is -2.33. The lowest BCUT2D eigenvalue weighted by molar-refractivity contribution is -0.142. The first kappa shape index (κ1) is 22.1. The van der Waals surface area contributed by atoms with Crippen molar-refractivity contribution in [3.05, 3.63) is 95.6 Å². The smallest absolute Gasteiger partial charge is 0.322 e. The Morgan fingerprint density at radius 2 is 1.34 bits per heavy atom. The standard InChI is InChI=1S/C23H21NO4.ClH/c1-27-23(26)21(24)15-16-7-11-19(12-8-16)28-20-13-9-18(10-14-20)22(25)17-5-3-2-4-6-17;/h2-14,21H,15,24H2,1H3;1H. The molecule has 0 heterocycles. The van der Waals surface area contributed by atoms with Crippen LogP contribution in [0.5, 0.6) is 11.5 Å². The van der Waals surface area contributed by atoms with E-state index in [0.717, 1.165) is 5.56 Å². The second-order valence-corrected chi connectivity index (χ2v) is 6.30. The SMILES string of the molecule is COC(=O)C(N)Cc1ccc(Oc2ccc(C(=O)c3ccccc3)cc2)cc1.Cl. The van der Waals surface area contributed by atoms with Crippen molar-refractivity contribution in [1.29, 1.82) is 0 Å². The number of hydrogen-bond donors (Lipinski definition) is 1. The Morgan fingerprint density at radius 3 is 1.90 bits per heavy atom. The molecular formula is C23H22ClNO4. The highest BCUT2D eigenvalue weighted by Gasteiger charge is 2.14. The number of hydrogen-bond acceptors (Lipinski definition) is 5. The van der Waals surface area contributed by atoms with Crippen LogP contribution < -0.4 is 10.5 Å². The molecule has 0 saturated heterocycles. The van der Waals surface area contributed by atoms with Gasteiger partial charge in [-0.05, 0) is 48.4 Å². The predicted octanol–water partition coefficient (Wildman–Crippen LogP) is 4.17. The third kappa shape index (κ3) is 5.91. The first-order valence-electron chi connectivity index (χ1n) is 8.87. The molecule has 1 atom stereocenters. The van der Waals surface area contributed by atoms with Crippen LogP contribution >= 0.6 is 12.4 Å². The Morgan fingerprint density at radius 1 is 0.828 bits per heavy atom. The first-order valence-corrected chi connectivity index (χ1v) is 8.87. The van der Waals surface area contributed by atoms with Gasteiger partial charge in [-0.3, -0.25) is 9.59 Å². The predicted molar refractivity (Wildman–Crippen MR) is 114 cm³/mol. The van der Waals surface area contributed by atoms with Crippen LogP contribution in [0.25, 0.3) is 0 Å². The summed E-state index contributed by atoms with van der Waals surface area (Å²) in [5, 5.41) is 0. The number of benzene rings is 3. The normalized spacial score (nSPS) is 11.1. The van der Waals surface area contributed by atoms with Crippen molar-refractivity contribution in [2.75, 3.05) is 7.11 Å². The second kappa shape index (κ2) is 10.4. The van der Waals surface area contributed by atoms with Crippen LogP contribution in [0.15, 0.2) is 78.9 Å². The maximum Gasteiger partial charge on any atom is 0.322 e. The number of ketones is 1. The average Bonchev–Trinajstić information content (AvgIpc) is 2.75. The molecule has 0 saturated carbocycles. The average molecular weight is 412 g/mol. The number of esters is 1. The Bertz CT molecular complexity index is 941. The van der Waals surface area contributed by atoms with Gasteiger partial charge in [0, 0.05) is 11.1 Å². The summed E-state index contributed by atoms with van der Waals surface area (Å²) in [6, 6.07) is 22.8. The minimum Gasteiger partial charge on any atom is -0.468 e. The van der Waals surface area contributed by atoms with Crippen LogP contribution in [-0.4, -0.2) is 24.9 Å². The summed E-state index contributed by atoms with van der Waals surface area (Å²) in [6.07, 6.45) is 0.392. The quantitative estimate of drug-likeness (QED) is 0.466. The Hall–Kier alpha value is -3.15. The molecule has 29 heavy (non-hydrogen) atoms. The zero-order chi connectivity index (χ0) is 19.9. The van der Waals surface area contributed by atoms with Gasteiger partial charge in [-0.15, -0.1) is 12.4 Å². The molecule has 0 bridgehead atoms. The van der Waals surface area contributed by atoms with E-state index in [2.05, 4.69) is 4.74 Å². The van der Waals surface area contributed by atoms with E-state index < -0.39 is 12.0 Å². The van der Waals surface area contributed by atoms with Crippen LogP contribution in [0, 0.1) is 0 Å². The second-order valence-electron chi connectivity index (χ2n) is 6.30. The van der Waals surface area contributed by atoms with Crippen molar-refractivity contribution >= 4 is 24.2 Å². The third-order valence-electron chi connectivity index (χ3n) is 4.27. The molecule has 0 aliphatic rings. The van der Waals surface area contributed by atoms with E-state index in [-0.39, 0.29) is 18.2 Å². The number of carbonyl (C=O) groups excluding carboxylic acids is 2. The minimum absolute atomic E-state index is 0. The van der Waals surface area contributed by atoms with Gasteiger partial charge in [-0.2, -0.15) is 0 Å². The van der Waals surface area contributed by atoms with E-state index >= 15 is 0 Å². The van der Waals surface area contributed by atoms with Crippen molar-refractivity contribution in [2.45, 2.75) is 12.5 Å². The van der Waals surface area contributed by atoms with Gasteiger partial charge in [0.1, 0.15) is 17.5 Å². The van der Waals surface area contributed by atoms with E-state index in [0.29, 0.717) is 29.0 Å². The number of nitrogens with two attached hydrogens (primary N) is 1. The molecule has 150 valence electrons. The number of halogens is 1. The molecule has 0 aliphatic carbocycles. The zero-order valence-electron chi connectivity index (χ0n) is 15.9. The number of rotatable bonds is 7. The summed E-state index contributed by atoms with van der Waals surface area (Å²) < 4.78 is 10.4. The highest BCUT2D eigenvalue weighted by atomic mass is 35.5. The molecule has 0 aliphatic heterocycles. The first-order chi connectivity index (χ1) is 13.6. The van der Waals surface area contributed by atoms with Gasteiger partial charge in [0.2, 0.25) is 0 Å². The van der Waals surface area contributed by atoms with Gasteiger partial charge in [0.15, 0.2) is 5.78 Å². The molecule has 6 heteroatoms. The fourth-order valence-corrected chi connectivity index (χ4v) is 2.75.